The third-order valence-corrected chi connectivity index (χ3v) is 6.09. The zero-order chi connectivity index (χ0) is 25.3. The first-order chi connectivity index (χ1) is 16.5. The molecule has 1 N–H and O–H groups in total. The average molecular weight is 545 g/mol. The summed E-state index contributed by atoms with van der Waals surface area (Å²) >= 11 is 18.2. The van der Waals surface area contributed by atoms with Crippen molar-refractivity contribution in [2.75, 3.05) is 0 Å². The average Bonchev–Trinajstić information content (AvgIpc) is 3.11. The van der Waals surface area contributed by atoms with E-state index in [1.807, 2.05) is 0 Å². The van der Waals surface area contributed by atoms with Gasteiger partial charge in [0.25, 0.3) is 0 Å². The molecule has 0 saturated carbocycles. The van der Waals surface area contributed by atoms with Crippen molar-refractivity contribution in [2.45, 2.75) is 25.4 Å². The zero-order valence-electron chi connectivity index (χ0n) is 17.5. The number of benzene rings is 2. The van der Waals surface area contributed by atoms with Crippen LogP contribution in [0.2, 0.25) is 15.1 Å². The van der Waals surface area contributed by atoms with Crippen LogP contribution in [0.25, 0.3) is 22.6 Å². The highest BCUT2D eigenvalue weighted by atomic mass is 35.5. The molecule has 2 aromatic carbocycles. The summed E-state index contributed by atoms with van der Waals surface area (Å²) in [5.74, 6) is -0.0675. The van der Waals surface area contributed by atoms with Crippen LogP contribution in [0.1, 0.15) is 5.69 Å². The van der Waals surface area contributed by atoms with Gasteiger partial charge in [-0.1, -0.05) is 46.9 Å². The predicted octanol–water partition coefficient (Wildman–Crippen LogP) is 5.10. The van der Waals surface area contributed by atoms with Crippen molar-refractivity contribution in [3.05, 3.63) is 86.1 Å². The van der Waals surface area contributed by atoms with Gasteiger partial charge >= 0.3 is 11.9 Å². The number of alkyl halides is 3. The Morgan fingerprint density at radius 2 is 1.74 bits per heavy atom. The summed E-state index contributed by atoms with van der Waals surface area (Å²) < 4.78 is 40.8. The Kier molecular flexibility index (Phi) is 7.18. The van der Waals surface area contributed by atoms with Crippen molar-refractivity contribution >= 4 is 34.8 Å². The molecule has 1 atom stereocenters. The molecule has 0 radical (unpaired) electrons. The maximum absolute atomic E-state index is 13.0. The Hall–Kier alpha value is -2.92. The molecule has 4 rings (SSSR count). The van der Waals surface area contributed by atoms with Crippen molar-refractivity contribution in [1.29, 1.82) is 0 Å². The van der Waals surface area contributed by atoms with Gasteiger partial charge in [0.2, 0.25) is 0 Å². The van der Waals surface area contributed by atoms with Gasteiger partial charge in [-0.05, 0) is 36.4 Å². The van der Waals surface area contributed by atoms with Crippen LogP contribution in [-0.2, 0) is 13.1 Å². The number of nitrogens with zero attached hydrogens (tertiary/aromatic N) is 5. The Morgan fingerprint density at radius 1 is 1.03 bits per heavy atom. The van der Waals surface area contributed by atoms with E-state index in [4.69, 9.17) is 34.8 Å². The maximum Gasteiger partial charge on any atom is 0.416 e. The first-order valence-corrected chi connectivity index (χ1v) is 11.1. The number of hydrogen-bond donors (Lipinski definition) is 1. The fourth-order valence-electron chi connectivity index (χ4n) is 3.28. The topological polar surface area (TPSA) is 85.8 Å². The van der Waals surface area contributed by atoms with E-state index in [0.717, 1.165) is 9.25 Å². The molecule has 0 fully saturated rings. The zero-order valence-corrected chi connectivity index (χ0v) is 19.8. The second kappa shape index (κ2) is 9.98. The minimum absolute atomic E-state index is 0.0675. The second-order valence-corrected chi connectivity index (χ2v) is 8.66. The first kappa shape index (κ1) is 25.2. The second-order valence-electron chi connectivity index (χ2n) is 7.43. The molecule has 35 heavy (non-hydrogen) atoms. The molecule has 0 unspecified atom stereocenters. The van der Waals surface area contributed by atoms with Gasteiger partial charge in [-0.2, -0.15) is 13.2 Å². The number of aliphatic hydroxyl groups excluding tert-OH is 1. The third-order valence-electron chi connectivity index (χ3n) is 5.02. The summed E-state index contributed by atoms with van der Waals surface area (Å²) in [6.07, 6.45) is -6.42. The molecule has 0 saturated heterocycles. The smallest absolute Gasteiger partial charge is 0.382 e. The molecular formula is C22H15Cl3F3N5O2. The number of hydrogen-bond acceptors (Lipinski definition) is 5. The molecule has 0 spiro atoms. The number of halogens is 6. The minimum atomic E-state index is -4.92. The fraction of sp³-hybridized carbons (Fsp3) is 0.182. The van der Waals surface area contributed by atoms with E-state index in [-0.39, 0.29) is 17.4 Å². The lowest BCUT2D eigenvalue weighted by molar-refractivity contribution is -0.207. The van der Waals surface area contributed by atoms with E-state index in [2.05, 4.69) is 15.1 Å². The van der Waals surface area contributed by atoms with Gasteiger partial charge < -0.3 is 5.11 Å². The highest BCUT2D eigenvalue weighted by Crippen LogP contribution is 2.32. The SMILES string of the molecule is O=c1n(Cc2cc(-c3cccc(Cl)c3Cl)ncn2)nc(-c2ccc(Cl)cc2)n1C[C@H](O)C(F)(F)F. The van der Waals surface area contributed by atoms with Crippen LogP contribution >= 0.6 is 34.8 Å². The molecule has 0 aliphatic rings. The summed E-state index contributed by atoms with van der Waals surface area (Å²) in [6, 6.07) is 12.6. The molecular weight excluding hydrogens is 530 g/mol. The van der Waals surface area contributed by atoms with Crippen molar-refractivity contribution in [2.24, 2.45) is 0 Å². The summed E-state index contributed by atoms with van der Waals surface area (Å²) in [5.41, 5.74) is 0.793. The van der Waals surface area contributed by atoms with E-state index in [9.17, 15) is 23.1 Å². The van der Waals surface area contributed by atoms with Crippen molar-refractivity contribution < 1.29 is 18.3 Å². The minimum Gasteiger partial charge on any atom is -0.382 e. The van der Waals surface area contributed by atoms with Gasteiger partial charge in [0.1, 0.15) is 6.33 Å². The Bertz CT molecular complexity index is 1420. The fourth-order valence-corrected chi connectivity index (χ4v) is 3.81. The molecule has 4 aromatic rings. The summed E-state index contributed by atoms with van der Waals surface area (Å²) in [4.78, 5) is 21.3. The lowest BCUT2D eigenvalue weighted by Crippen LogP contribution is -2.37. The van der Waals surface area contributed by atoms with Crippen LogP contribution < -0.4 is 5.69 Å². The normalized spacial score (nSPS) is 12.7. The molecule has 182 valence electrons. The van der Waals surface area contributed by atoms with E-state index < -0.39 is 24.5 Å². The largest absolute Gasteiger partial charge is 0.416 e. The van der Waals surface area contributed by atoms with Crippen LogP contribution in [0, 0.1) is 0 Å². The Labute approximate surface area is 211 Å². The highest BCUT2D eigenvalue weighted by molar-refractivity contribution is 6.43. The van der Waals surface area contributed by atoms with Crippen molar-refractivity contribution in [3.8, 4) is 22.6 Å². The molecule has 2 heterocycles. The molecule has 0 bridgehead atoms. The van der Waals surface area contributed by atoms with E-state index in [1.54, 1.807) is 24.3 Å². The molecule has 2 aromatic heterocycles. The summed E-state index contributed by atoms with van der Waals surface area (Å²) in [7, 11) is 0. The van der Waals surface area contributed by atoms with Gasteiger partial charge in [-0.15, -0.1) is 5.10 Å². The quantitative estimate of drug-likeness (QED) is 0.365. The Balaban J connectivity index is 1.74. The van der Waals surface area contributed by atoms with Crippen molar-refractivity contribution in [1.82, 2.24) is 24.3 Å². The number of aromatic nitrogens is 5. The van der Waals surface area contributed by atoms with Gasteiger partial charge in [0.05, 0.1) is 34.5 Å². The molecule has 0 aliphatic carbocycles. The van der Waals surface area contributed by atoms with Crippen LogP contribution in [0.3, 0.4) is 0 Å². The predicted molar refractivity (Wildman–Crippen MR) is 126 cm³/mol. The van der Waals surface area contributed by atoms with Crippen LogP contribution in [-0.4, -0.2) is 41.7 Å². The van der Waals surface area contributed by atoms with Gasteiger partial charge in [0.15, 0.2) is 11.9 Å². The maximum atomic E-state index is 13.0. The molecule has 0 aliphatic heterocycles. The third kappa shape index (κ3) is 5.51. The summed E-state index contributed by atoms with van der Waals surface area (Å²) in [5, 5.41) is 14.8. The first-order valence-electron chi connectivity index (χ1n) is 9.98. The van der Waals surface area contributed by atoms with E-state index >= 15 is 0 Å². The standard InChI is InChI=1S/C22H15Cl3F3N5O2/c23-13-6-4-12(5-7-13)20-31-33(21(35)32(20)10-18(34)22(26,27)28)9-14-8-17(30-11-29-14)15-2-1-3-16(24)19(15)25/h1-8,11,18,34H,9-10H2/t18-/m0/s1. The van der Waals surface area contributed by atoms with Crippen LogP contribution in [0.15, 0.2) is 59.7 Å². The monoisotopic (exact) mass is 543 g/mol. The van der Waals surface area contributed by atoms with Crippen LogP contribution in [0.4, 0.5) is 13.2 Å². The van der Waals surface area contributed by atoms with Gasteiger partial charge in [0, 0.05) is 16.1 Å². The van der Waals surface area contributed by atoms with Crippen LogP contribution in [0.5, 0.6) is 0 Å². The van der Waals surface area contributed by atoms with E-state index in [1.165, 1.54) is 30.6 Å². The highest BCUT2D eigenvalue weighted by Gasteiger charge is 2.39. The number of aliphatic hydroxyl groups is 1. The molecule has 7 nitrogen and oxygen atoms in total. The van der Waals surface area contributed by atoms with Gasteiger partial charge in [-0.25, -0.2) is 19.4 Å². The van der Waals surface area contributed by atoms with E-state index in [0.29, 0.717) is 32.6 Å². The lowest BCUT2D eigenvalue weighted by Gasteiger charge is -2.15. The molecule has 13 heteroatoms. The Morgan fingerprint density at radius 3 is 2.43 bits per heavy atom. The number of rotatable bonds is 6. The summed E-state index contributed by atoms with van der Waals surface area (Å²) in [6.45, 7) is -1.21. The van der Waals surface area contributed by atoms with Gasteiger partial charge in [-0.3, -0.25) is 4.57 Å². The lowest BCUT2D eigenvalue weighted by atomic mass is 10.1. The van der Waals surface area contributed by atoms with Crippen molar-refractivity contribution in [3.63, 3.8) is 0 Å². The molecule has 0 amide bonds.